The van der Waals surface area contributed by atoms with Crippen LogP contribution in [0.3, 0.4) is 0 Å². The minimum atomic E-state index is -0.439. The molecule has 2 N–H and O–H groups in total. The third-order valence-corrected chi connectivity index (χ3v) is 5.43. The van der Waals surface area contributed by atoms with Crippen molar-refractivity contribution in [3.63, 3.8) is 0 Å². The van der Waals surface area contributed by atoms with Crippen LogP contribution in [0.2, 0.25) is 10.0 Å². The summed E-state index contributed by atoms with van der Waals surface area (Å²) in [6.45, 7) is 0. The van der Waals surface area contributed by atoms with E-state index in [9.17, 15) is 9.90 Å². The number of H-pyrrole nitrogens is 1. The van der Waals surface area contributed by atoms with Gasteiger partial charge < -0.3 is 10.1 Å². The summed E-state index contributed by atoms with van der Waals surface area (Å²) in [4.78, 5) is 15.1. The fourth-order valence-electron chi connectivity index (χ4n) is 2.86. The highest BCUT2D eigenvalue weighted by atomic mass is 35.5. The van der Waals surface area contributed by atoms with E-state index in [1.807, 2.05) is 29.6 Å². The Morgan fingerprint density at radius 1 is 1.12 bits per heavy atom. The van der Waals surface area contributed by atoms with Gasteiger partial charge in [-0.15, -0.1) is 11.3 Å². The van der Waals surface area contributed by atoms with E-state index in [2.05, 4.69) is 4.98 Å². The standard InChI is InChI=1S/C18H12Cl2N2O2S/c19-11-6-12(20)8-13(7-11)22-17(23)15(21-18(22)24)5-10-9-25-16-4-2-1-3-14(10)16/h1-4,6-9,23H,5H2,(H,21,24). The molecule has 0 fully saturated rings. The molecule has 2 aromatic carbocycles. The molecule has 0 spiro atoms. The number of nitrogens with zero attached hydrogens (tertiary/aromatic N) is 1. The van der Waals surface area contributed by atoms with Crippen molar-refractivity contribution < 1.29 is 5.11 Å². The predicted octanol–water partition coefficient (Wildman–Crippen LogP) is 4.98. The SMILES string of the molecule is O=c1[nH]c(Cc2csc3ccccc23)c(O)n1-c1cc(Cl)cc(Cl)c1. The molecule has 25 heavy (non-hydrogen) atoms. The van der Waals surface area contributed by atoms with Gasteiger partial charge in [-0.3, -0.25) is 0 Å². The molecular formula is C18H12Cl2N2O2S. The summed E-state index contributed by atoms with van der Waals surface area (Å²) in [6, 6.07) is 12.8. The first-order valence-corrected chi connectivity index (χ1v) is 9.11. The summed E-state index contributed by atoms with van der Waals surface area (Å²) in [5, 5.41) is 14.5. The molecule has 126 valence electrons. The Balaban J connectivity index is 1.79. The number of aromatic nitrogens is 2. The average Bonchev–Trinajstić information content (AvgIpc) is 3.08. The van der Waals surface area contributed by atoms with Crippen LogP contribution >= 0.6 is 34.5 Å². The third-order valence-electron chi connectivity index (χ3n) is 3.98. The third kappa shape index (κ3) is 2.95. The van der Waals surface area contributed by atoms with Gasteiger partial charge in [0.05, 0.1) is 11.4 Å². The van der Waals surface area contributed by atoms with Crippen molar-refractivity contribution in [2.24, 2.45) is 0 Å². The Morgan fingerprint density at radius 3 is 2.60 bits per heavy atom. The quantitative estimate of drug-likeness (QED) is 0.517. The molecule has 0 amide bonds. The number of thiophene rings is 1. The monoisotopic (exact) mass is 390 g/mol. The van der Waals surface area contributed by atoms with Gasteiger partial charge in [-0.1, -0.05) is 41.4 Å². The van der Waals surface area contributed by atoms with Gasteiger partial charge in [0.15, 0.2) is 0 Å². The number of hydrogen-bond acceptors (Lipinski definition) is 3. The second-order valence-corrected chi connectivity index (χ2v) is 7.41. The Hall–Kier alpha value is -2.21. The number of rotatable bonds is 3. The lowest BCUT2D eigenvalue weighted by Gasteiger charge is -2.05. The molecule has 0 aliphatic carbocycles. The van der Waals surface area contributed by atoms with E-state index in [4.69, 9.17) is 23.2 Å². The molecule has 4 rings (SSSR count). The summed E-state index contributed by atoms with van der Waals surface area (Å²) in [7, 11) is 0. The van der Waals surface area contributed by atoms with Crippen molar-refractivity contribution in [1.29, 1.82) is 0 Å². The van der Waals surface area contributed by atoms with Crippen LogP contribution in [-0.2, 0) is 6.42 Å². The van der Waals surface area contributed by atoms with Crippen molar-refractivity contribution in [3.05, 3.63) is 79.6 Å². The van der Waals surface area contributed by atoms with Crippen LogP contribution in [0, 0.1) is 0 Å². The molecule has 0 unspecified atom stereocenters. The predicted molar refractivity (Wildman–Crippen MR) is 103 cm³/mol. The summed E-state index contributed by atoms with van der Waals surface area (Å²) in [5.41, 5.74) is 1.47. The van der Waals surface area contributed by atoms with Gasteiger partial charge in [0, 0.05) is 21.2 Å². The zero-order valence-corrected chi connectivity index (χ0v) is 15.1. The van der Waals surface area contributed by atoms with Crippen LogP contribution in [0.15, 0.2) is 52.6 Å². The molecule has 0 saturated heterocycles. The summed E-state index contributed by atoms with van der Waals surface area (Å²) < 4.78 is 2.34. The maximum atomic E-state index is 12.3. The molecular weight excluding hydrogens is 379 g/mol. The number of fused-ring (bicyclic) bond motifs is 1. The van der Waals surface area contributed by atoms with Crippen molar-refractivity contribution in [3.8, 4) is 11.6 Å². The highest BCUT2D eigenvalue weighted by Gasteiger charge is 2.17. The Labute approximate surface area is 156 Å². The van der Waals surface area contributed by atoms with E-state index < -0.39 is 5.69 Å². The molecule has 4 nitrogen and oxygen atoms in total. The van der Waals surface area contributed by atoms with Crippen molar-refractivity contribution >= 4 is 44.6 Å². The molecule has 0 aliphatic rings. The Morgan fingerprint density at radius 2 is 1.84 bits per heavy atom. The fourth-order valence-corrected chi connectivity index (χ4v) is 4.34. The zero-order valence-electron chi connectivity index (χ0n) is 12.8. The van der Waals surface area contributed by atoms with Crippen LogP contribution < -0.4 is 5.69 Å². The van der Waals surface area contributed by atoms with Gasteiger partial charge >= 0.3 is 5.69 Å². The van der Waals surface area contributed by atoms with E-state index in [1.54, 1.807) is 29.5 Å². The summed E-state index contributed by atoms with van der Waals surface area (Å²) in [6.07, 6.45) is 0.423. The van der Waals surface area contributed by atoms with Crippen molar-refractivity contribution in [1.82, 2.24) is 9.55 Å². The minimum Gasteiger partial charge on any atom is -0.493 e. The lowest BCUT2D eigenvalue weighted by molar-refractivity contribution is 0.435. The van der Waals surface area contributed by atoms with Crippen LogP contribution in [-0.4, -0.2) is 14.7 Å². The maximum absolute atomic E-state index is 12.3. The van der Waals surface area contributed by atoms with E-state index in [0.717, 1.165) is 10.9 Å². The molecule has 2 heterocycles. The topological polar surface area (TPSA) is 58.0 Å². The van der Waals surface area contributed by atoms with Gasteiger partial charge in [0.25, 0.3) is 0 Å². The first-order valence-electron chi connectivity index (χ1n) is 7.47. The number of nitrogens with one attached hydrogen (secondary N) is 1. The Bertz CT molecular complexity index is 1120. The molecule has 0 atom stereocenters. The molecule has 0 bridgehead atoms. The van der Waals surface area contributed by atoms with E-state index in [0.29, 0.717) is 27.8 Å². The minimum absolute atomic E-state index is 0.140. The smallest absolute Gasteiger partial charge is 0.333 e. The highest BCUT2D eigenvalue weighted by Crippen LogP contribution is 2.30. The van der Waals surface area contributed by atoms with Gasteiger partial charge in [0.1, 0.15) is 0 Å². The Kier molecular flexibility index (Phi) is 4.07. The van der Waals surface area contributed by atoms with Gasteiger partial charge in [0.2, 0.25) is 5.88 Å². The number of hydrogen-bond donors (Lipinski definition) is 2. The lowest BCUT2D eigenvalue weighted by Crippen LogP contribution is -2.14. The van der Waals surface area contributed by atoms with Crippen LogP contribution in [0.25, 0.3) is 15.8 Å². The fraction of sp³-hybridized carbons (Fsp3) is 0.0556. The molecule has 0 radical (unpaired) electrons. The number of benzene rings is 2. The van der Waals surface area contributed by atoms with Gasteiger partial charge in [-0.25, -0.2) is 9.36 Å². The largest absolute Gasteiger partial charge is 0.493 e. The molecule has 2 aromatic heterocycles. The van der Waals surface area contributed by atoms with Crippen LogP contribution in [0.1, 0.15) is 11.3 Å². The van der Waals surface area contributed by atoms with Gasteiger partial charge in [-0.2, -0.15) is 0 Å². The number of aromatic amines is 1. The summed E-state index contributed by atoms with van der Waals surface area (Å²) >= 11 is 13.6. The first-order chi connectivity index (χ1) is 12.0. The van der Waals surface area contributed by atoms with E-state index in [1.165, 1.54) is 9.27 Å². The lowest BCUT2D eigenvalue weighted by atomic mass is 10.1. The number of halogens is 2. The zero-order chi connectivity index (χ0) is 17.6. The average molecular weight is 391 g/mol. The van der Waals surface area contributed by atoms with E-state index in [-0.39, 0.29) is 5.88 Å². The second-order valence-electron chi connectivity index (χ2n) is 5.63. The highest BCUT2D eigenvalue weighted by molar-refractivity contribution is 7.17. The number of imidazole rings is 1. The molecule has 4 aromatic rings. The number of aromatic hydroxyl groups is 1. The van der Waals surface area contributed by atoms with Crippen LogP contribution in [0.5, 0.6) is 5.88 Å². The normalized spacial score (nSPS) is 11.3. The van der Waals surface area contributed by atoms with Crippen LogP contribution in [0.4, 0.5) is 0 Å². The second kappa shape index (κ2) is 6.26. The molecule has 0 saturated carbocycles. The van der Waals surface area contributed by atoms with E-state index >= 15 is 0 Å². The van der Waals surface area contributed by atoms with Crippen molar-refractivity contribution in [2.45, 2.75) is 6.42 Å². The first kappa shape index (κ1) is 16.3. The molecule has 7 heteroatoms. The van der Waals surface area contributed by atoms with Crippen molar-refractivity contribution in [2.75, 3.05) is 0 Å². The molecule has 0 aliphatic heterocycles. The van der Waals surface area contributed by atoms with Gasteiger partial charge in [-0.05, 0) is 40.6 Å². The maximum Gasteiger partial charge on any atom is 0.333 e. The summed E-state index contributed by atoms with van der Waals surface area (Å²) in [5.74, 6) is -0.140.